The number of halogens is 2. The van der Waals surface area contributed by atoms with Crippen LogP contribution in [-0.2, 0) is 0 Å². The van der Waals surface area contributed by atoms with Crippen LogP contribution in [0, 0.1) is 0 Å². The lowest BCUT2D eigenvalue weighted by Crippen LogP contribution is -1.93. The quantitative estimate of drug-likeness (QED) is 0.674. The average Bonchev–Trinajstić information content (AvgIpc) is 2.41. The Morgan fingerprint density at radius 2 is 1.61 bits per heavy atom. The standard InChI is InChI=1S/C13H7Cl2N3/c14-8-5-6-11(16-7-8)12-9-3-1-2-4-10(9)13(15)18-17-12/h1-7H. The summed E-state index contributed by atoms with van der Waals surface area (Å²) < 4.78 is 0. The Morgan fingerprint density at radius 1 is 0.833 bits per heavy atom. The molecule has 5 heteroatoms. The molecular weight excluding hydrogens is 269 g/mol. The van der Waals surface area contributed by atoms with Crippen molar-refractivity contribution in [3.05, 3.63) is 52.8 Å². The van der Waals surface area contributed by atoms with E-state index >= 15 is 0 Å². The minimum atomic E-state index is 0.392. The summed E-state index contributed by atoms with van der Waals surface area (Å²) in [6, 6.07) is 11.3. The molecule has 18 heavy (non-hydrogen) atoms. The Bertz CT molecular complexity index is 711. The van der Waals surface area contributed by atoms with Gasteiger partial charge in [0.2, 0.25) is 0 Å². The van der Waals surface area contributed by atoms with E-state index in [1.807, 2.05) is 30.3 Å². The summed E-state index contributed by atoms with van der Waals surface area (Å²) in [5.41, 5.74) is 1.42. The van der Waals surface area contributed by atoms with E-state index in [-0.39, 0.29) is 0 Å². The highest BCUT2D eigenvalue weighted by atomic mass is 35.5. The largest absolute Gasteiger partial charge is 0.253 e. The molecule has 3 aromatic rings. The number of aromatic nitrogens is 3. The molecule has 0 bridgehead atoms. The van der Waals surface area contributed by atoms with E-state index in [2.05, 4.69) is 15.2 Å². The third-order valence-electron chi connectivity index (χ3n) is 2.61. The normalized spacial score (nSPS) is 10.8. The van der Waals surface area contributed by atoms with E-state index in [0.29, 0.717) is 15.9 Å². The average molecular weight is 276 g/mol. The first-order chi connectivity index (χ1) is 8.75. The number of pyridine rings is 1. The summed E-state index contributed by atoms with van der Waals surface area (Å²) in [5.74, 6) is 0. The molecule has 1 aromatic carbocycles. The third-order valence-corrected chi connectivity index (χ3v) is 3.12. The highest BCUT2D eigenvalue weighted by Crippen LogP contribution is 2.28. The lowest BCUT2D eigenvalue weighted by Gasteiger charge is -2.05. The van der Waals surface area contributed by atoms with Crippen molar-refractivity contribution in [3.63, 3.8) is 0 Å². The maximum absolute atomic E-state index is 6.03. The molecule has 3 rings (SSSR count). The van der Waals surface area contributed by atoms with Crippen molar-refractivity contribution in [3.8, 4) is 11.4 Å². The molecule has 88 valence electrons. The summed E-state index contributed by atoms with van der Waals surface area (Å²) >= 11 is 11.8. The molecule has 3 nitrogen and oxygen atoms in total. The van der Waals surface area contributed by atoms with Crippen LogP contribution in [-0.4, -0.2) is 15.2 Å². The smallest absolute Gasteiger partial charge is 0.159 e. The molecule has 0 aliphatic rings. The van der Waals surface area contributed by atoms with Crippen molar-refractivity contribution in [2.24, 2.45) is 0 Å². The number of fused-ring (bicyclic) bond motifs is 1. The lowest BCUT2D eigenvalue weighted by atomic mass is 10.1. The molecule has 2 heterocycles. The first-order valence-corrected chi connectivity index (χ1v) is 6.04. The van der Waals surface area contributed by atoms with Gasteiger partial charge in [0.15, 0.2) is 5.15 Å². The molecular formula is C13H7Cl2N3. The van der Waals surface area contributed by atoms with Crippen molar-refractivity contribution in [2.45, 2.75) is 0 Å². The lowest BCUT2D eigenvalue weighted by molar-refractivity contribution is 1.05. The summed E-state index contributed by atoms with van der Waals surface area (Å²) in [6.07, 6.45) is 1.59. The molecule has 0 aliphatic carbocycles. The Hall–Kier alpha value is -1.71. The van der Waals surface area contributed by atoms with Crippen LogP contribution in [0.1, 0.15) is 0 Å². The number of nitrogens with zero attached hydrogens (tertiary/aromatic N) is 3. The molecule has 0 amide bonds. The van der Waals surface area contributed by atoms with Gasteiger partial charge in [-0.05, 0) is 12.1 Å². The molecule has 0 saturated heterocycles. The van der Waals surface area contributed by atoms with Gasteiger partial charge < -0.3 is 0 Å². The Morgan fingerprint density at radius 3 is 2.33 bits per heavy atom. The fourth-order valence-corrected chi connectivity index (χ4v) is 2.09. The van der Waals surface area contributed by atoms with E-state index in [1.165, 1.54) is 0 Å². The monoisotopic (exact) mass is 275 g/mol. The van der Waals surface area contributed by atoms with Crippen LogP contribution in [0.3, 0.4) is 0 Å². The maximum atomic E-state index is 6.03. The Kier molecular flexibility index (Phi) is 2.86. The summed E-state index contributed by atoms with van der Waals surface area (Å²) in [7, 11) is 0. The number of rotatable bonds is 1. The molecule has 0 saturated carbocycles. The van der Waals surface area contributed by atoms with Crippen LogP contribution < -0.4 is 0 Å². The van der Waals surface area contributed by atoms with Crippen molar-refractivity contribution in [1.82, 2.24) is 15.2 Å². The summed E-state index contributed by atoms with van der Waals surface area (Å²) in [5, 5.41) is 10.8. The van der Waals surface area contributed by atoms with E-state index in [0.717, 1.165) is 16.5 Å². The molecule has 0 aliphatic heterocycles. The van der Waals surface area contributed by atoms with Gasteiger partial charge in [-0.1, -0.05) is 47.5 Å². The van der Waals surface area contributed by atoms with Crippen LogP contribution >= 0.6 is 23.2 Å². The van der Waals surface area contributed by atoms with E-state index in [1.54, 1.807) is 12.3 Å². The molecule has 0 atom stereocenters. The van der Waals surface area contributed by atoms with Crippen molar-refractivity contribution in [1.29, 1.82) is 0 Å². The number of hydrogen-bond acceptors (Lipinski definition) is 3. The van der Waals surface area contributed by atoms with Gasteiger partial charge in [0, 0.05) is 17.0 Å². The molecule has 0 N–H and O–H groups in total. The van der Waals surface area contributed by atoms with Crippen molar-refractivity contribution >= 4 is 34.0 Å². The maximum Gasteiger partial charge on any atom is 0.159 e. The fourth-order valence-electron chi connectivity index (χ4n) is 1.78. The zero-order chi connectivity index (χ0) is 12.5. The first kappa shape index (κ1) is 11.4. The molecule has 0 radical (unpaired) electrons. The predicted octanol–water partition coefficient (Wildman–Crippen LogP) is 4.00. The van der Waals surface area contributed by atoms with Gasteiger partial charge in [-0.15, -0.1) is 10.2 Å². The molecule has 0 fully saturated rings. The van der Waals surface area contributed by atoms with Gasteiger partial charge >= 0.3 is 0 Å². The van der Waals surface area contributed by atoms with Crippen LogP contribution in [0.25, 0.3) is 22.2 Å². The number of benzene rings is 1. The second kappa shape index (κ2) is 4.52. The van der Waals surface area contributed by atoms with E-state index in [4.69, 9.17) is 23.2 Å². The highest BCUT2D eigenvalue weighted by molar-refractivity contribution is 6.34. The zero-order valence-corrected chi connectivity index (χ0v) is 10.7. The van der Waals surface area contributed by atoms with Crippen LogP contribution in [0.2, 0.25) is 10.2 Å². The van der Waals surface area contributed by atoms with Gasteiger partial charge in [0.05, 0.1) is 10.7 Å². The van der Waals surface area contributed by atoms with Crippen LogP contribution in [0.4, 0.5) is 0 Å². The van der Waals surface area contributed by atoms with Crippen molar-refractivity contribution in [2.75, 3.05) is 0 Å². The number of hydrogen-bond donors (Lipinski definition) is 0. The second-order valence-corrected chi connectivity index (χ2v) is 4.54. The molecule has 2 aromatic heterocycles. The zero-order valence-electron chi connectivity index (χ0n) is 9.14. The first-order valence-electron chi connectivity index (χ1n) is 5.28. The van der Waals surface area contributed by atoms with Gasteiger partial charge in [0.1, 0.15) is 5.69 Å². The SMILES string of the molecule is Clc1ccc(-c2nnc(Cl)c3ccccc23)nc1. The topological polar surface area (TPSA) is 38.7 Å². The van der Waals surface area contributed by atoms with Gasteiger partial charge in [-0.25, -0.2) is 0 Å². The van der Waals surface area contributed by atoms with E-state index in [9.17, 15) is 0 Å². The Labute approximate surface area is 113 Å². The van der Waals surface area contributed by atoms with Crippen LogP contribution in [0.15, 0.2) is 42.6 Å². The molecule has 0 spiro atoms. The second-order valence-electron chi connectivity index (χ2n) is 3.75. The minimum absolute atomic E-state index is 0.392. The van der Waals surface area contributed by atoms with Gasteiger partial charge in [-0.3, -0.25) is 4.98 Å². The van der Waals surface area contributed by atoms with Gasteiger partial charge in [-0.2, -0.15) is 0 Å². The van der Waals surface area contributed by atoms with Gasteiger partial charge in [0.25, 0.3) is 0 Å². The Balaban J connectivity index is 2.30. The highest BCUT2D eigenvalue weighted by Gasteiger charge is 2.10. The predicted molar refractivity (Wildman–Crippen MR) is 72.8 cm³/mol. The van der Waals surface area contributed by atoms with Crippen molar-refractivity contribution < 1.29 is 0 Å². The third kappa shape index (κ3) is 1.92. The molecule has 0 unspecified atom stereocenters. The summed E-state index contributed by atoms with van der Waals surface area (Å²) in [4.78, 5) is 4.25. The van der Waals surface area contributed by atoms with Crippen LogP contribution in [0.5, 0.6) is 0 Å². The van der Waals surface area contributed by atoms with E-state index < -0.39 is 0 Å². The summed E-state index contributed by atoms with van der Waals surface area (Å²) in [6.45, 7) is 0. The minimum Gasteiger partial charge on any atom is -0.253 e. The fraction of sp³-hybridized carbons (Fsp3) is 0.